The van der Waals surface area contributed by atoms with Gasteiger partial charge >= 0.3 is 0 Å². The fraction of sp³-hybridized carbons (Fsp3) is 0.167. The fourth-order valence-corrected chi connectivity index (χ4v) is 3.47. The van der Waals surface area contributed by atoms with E-state index in [-0.39, 0.29) is 5.56 Å². The molecular weight excluding hydrogens is 343 g/mol. The van der Waals surface area contributed by atoms with Crippen LogP contribution in [0.25, 0.3) is 28.2 Å². The van der Waals surface area contributed by atoms with Gasteiger partial charge in [0.2, 0.25) is 0 Å². The molecule has 5 nitrogen and oxygen atoms in total. The lowest BCUT2D eigenvalue weighted by Crippen LogP contribution is -2.00. The lowest BCUT2D eigenvalue weighted by atomic mass is 10.0. The van der Waals surface area contributed by atoms with Gasteiger partial charge in [0.05, 0.1) is 11.4 Å². The molecule has 0 saturated carbocycles. The molecule has 0 aliphatic carbocycles. The molecule has 130 valence electrons. The second kappa shape index (κ2) is 5.42. The first-order chi connectivity index (χ1) is 12.6. The number of fused-ring (bicyclic) bond motifs is 2. The smallest absolute Gasteiger partial charge is 0.195 e. The number of benzene rings is 1. The normalized spacial score (nSPS) is 13.5. The maximum atomic E-state index is 14.4. The number of hydrogen-bond donors (Lipinski definition) is 0. The van der Waals surface area contributed by atoms with Crippen molar-refractivity contribution in [3.05, 3.63) is 60.1 Å². The molecule has 8 heteroatoms. The molecular formula is C18H12F3N5. The Balaban J connectivity index is 1.79. The highest BCUT2D eigenvalue weighted by Gasteiger charge is 2.26. The number of halogens is 3. The molecule has 0 bridgehead atoms. The van der Waals surface area contributed by atoms with Crippen LogP contribution in [0.4, 0.5) is 13.2 Å². The third-order valence-electron chi connectivity index (χ3n) is 4.67. The summed E-state index contributed by atoms with van der Waals surface area (Å²) in [6, 6.07) is 5.78. The average Bonchev–Trinajstić information content (AvgIpc) is 3.34. The predicted octanol–water partition coefficient (Wildman–Crippen LogP) is 3.62. The molecule has 0 amide bonds. The van der Waals surface area contributed by atoms with Crippen LogP contribution in [0.5, 0.6) is 0 Å². The van der Waals surface area contributed by atoms with E-state index in [0.29, 0.717) is 17.0 Å². The highest BCUT2D eigenvalue weighted by atomic mass is 19.2. The monoisotopic (exact) mass is 355 g/mol. The molecule has 0 spiro atoms. The van der Waals surface area contributed by atoms with E-state index in [1.807, 2.05) is 10.6 Å². The molecule has 1 aliphatic heterocycles. The van der Waals surface area contributed by atoms with Crippen molar-refractivity contribution in [2.45, 2.75) is 19.4 Å². The maximum Gasteiger partial charge on any atom is 0.195 e. The summed E-state index contributed by atoms with van der Waals surface area (Å²) in [5.74, 6) is -3.14. The first-order valence-corrected chi connectivity index (χ1v) is 8.16. The third-order valence-corrected chi connectivity index (χ3v) is 4.67. The van der Waals surface area contributed by atoms with Crippen LogP contribution in [0.2, 0.25) is 0 Å². The van der Waals surface area contributed by atoms with E-state index < -0.39 is 17.5 Å². The van der Waals surface area contributed by atoms with Crippen LogP contribution in [0, 0.1) is 17.5 Å². The van der Waals surface area contributed by atoms with Crippen molar-refractivity contribution in [2.24, 2.45) is 0 Å². The van der Waals surface area contributed by atoms with Crippen molar-refractivity contribution in [3.63, 3.8) is 0 Å². The van der Waals surface area contributed by atoms with Gasteiger partial charge in [-0.3, -0.25) is 0 Å². The summed E-state index contributed by atoms with van der Waals surface area (Å²) >= 11 is 0. The molecule has 0 N–H and O–H groups in total. The number of rotatable bonds is 2. The first kappa shape index (κ1) is 15.1. The van der Waals surface area contributed by atoms with E-state index in [4.69, 9.17) is 0 Å². The van der Waals surface area contributed by atoms with Crippen molar-refractivity contribution in [2.75, 3.05) is 0 Å². The zero-order chi connectivity index (χ0) is 17.8. The Hall–Kier alpha value is -3.16. The largest absolute Gasteiger partial charge is 0.327 e. The minimum absolute atomic E-state index is 0.0560. The van der Waals surface area contributed by atoms with Crippen LogP contribution in [-0.2, 0) is 13.0 Å². The molecule has 0 fully saturated rings. The number of imidazole rings is 1. The minimum Gasteiger partial charge on any atom is -0.327 e. The second-order valence-corrected chi connectivity index (χ2v) is 6.18. The van der Waals surface area contributed by atoms with Gasteiger partial charge in [0.1, 0.15) is 12.2 Å². The number of pyridine rings is 1. The SMILES string of the molecule is Fc1ccc(-c2nc3n(c2-c2ccc4ncnn4c2)CCC3)c(F)c1F. The fourth-order valence-electron chi connectivity index (χ4n) is 3.47. The molecule has 5 rings (SSSR count). The summed E-state index contributed by atoms with van der Waals surface area (Å²) in [4.78, 5) is 8.63. The van der Waals surface area contributed by atoms with Gasteiger partial charge in [0, 0.05) is 30.3 Å². The molecule has 0 radical (unpaired) electrons. The summed E-state index contributed by atoms with van der Waals surface area (Å²) in [5, 5.41) is 4.12. The van der Waals surface area contributed by atoms with Crippen LogP contribution >= 0.6 is 0 Å². The molecule has 0 atom stereocenters. The zero-order valence-corrected chi connectivity index (χ0v) is 13.5. The van der Waals surface area contributed by atoms with Gasteiger partial charge in [-0.1, -0.05) is 0 Å². The van der Waals surface area contributed by atoms with E-state index in [1.54, 1.807) is 16.8 Å². The van der Waals surface area contributed by atoms with Crippen LogP contribution < -0.4 is 0 Å². The zero-order valence-electron chi connectivity index (χ0n) is 13.5. The van der Waals surface area contributed by atoms with Gasteiger partial charge in [-0.25, -0.2) is 27.7 Å². The quantitative estimate of drug-likeness (QED) is 0.516. The molecule has 4 heterocycles. The minimum atomic E-state index is -1.49. The summed E-state index contributed by atoms with van der Waals surface area (Å²) < 4.78 is 45.1. The van der Waals surface area contributed by atoms with Gasteiger partial charge in [0.15, 0.2) is 23.1 Å². The predicted molar refractivity (Wildman–Crippen MR) is 87.8 cm³/mol. The summed E-state index contributed by atoms with van der Waals surface area (Å²) in [5.41, 5.74) is 2.34. The summed E-state index contributed by atoms with van der Waals surface area (Å²) in [6.07, 6.45) is 4.90. The molecule has 0 unspecified atom stereocenters. The van der Waals surface area contributed by atoms with Crippen molar-refractivity contribution < 1.29 is 13.2 Å². The number of aromatic nitrogens is 5. The lowest BCUT2D eigenvalue weighted by Gasteiger charge is -2.10. The number of hydrogen-bond acceptors (Lipinski definition) is 3. The lowest BCUT2D eigenvalue weighted by molar-refractivity contribution is 0.449. The molecule has 0 saturated heterocycles. The maximum absolute atomic E-state index is 14.4. The van der Waals surface area contributed by atoms with Crippen LogP contribution in [-0.4, -0.2) is 24.1 Å². The van der Waals surface area contributed by atoms with Crippen molar-refractivity contribution in [3.8, 4) is 22.5 Å². The molecule has 1 aliphatic rings. The van der Waals surface area contributed by atoms with E-state index in [0.717, 1.165) is 36.8 Å². The molecule has 1 aromatic carbocycles. The standard InChI is InChI=1S/C18H12F3N5/c19-12-5-4-11(15(20)16(12)21)17-18(25-7-1-2-14(25)24-17)10-3-6-13-22-9-23-26(13)8-10/h3-6,8-9H,1-2,7H2. The Kier molecular flexibility index (Phi) is 3.15. The van der Waals surface area contributed by atoms with Crippen molar-refractivity contribution in [1.82, 2.24) is 24.1 Å². The number of aryl methyl sites for hydroxylation is 1. The van der Waals surface area contributed by atoms with Gasteiger partial charge in [-0.05, 0) is 30.7 Å². The highest BCUT2D eigenvalue weighted by Crippen LogP contribution is 2.37. The van der Waals surface area contributed by atoms with E-state index >= 15 is 0 Å². The Labute approximate surface area is 145 Å². The molecule has 26 heavy (non-hydrogen) atoms. The van der Waals surface area contributed by atoms with E-state index in [9.17, 15) is 13.2 Å². The van der Waals surface area contributed by atoms with Crippen LogP contribution in [0.3, 0.4) is 0 Å². The van der Waals surface area contributed by atoms with Crippen LogP contribution in [0.15, 0.2) is 36.8 Å². The highest BCUT2D eigenvalue weighted by molar-refractivity contribution is 5.80. The van der Waals surface area contributed by atoms with Gasteiger partial charge < -0.3 is 4.57 Å². The van der Waals surface area contributed by atoms with Crippen LogP contribution in [0.1, 0.15) is 12.2 Å². The Morgan fingerprint density at radius 1 is 1.00 bits per heavy atom. The average molecular weight is 355 g/mol. The topological polar surface area (TPSA) is 48.0 Å². The Morgan fingerprint density at radius 3 is 2.77 bits per heavy atom. The molecule has 4 aromatic rings. The Bertz CT molecular complexity index is 1160. The number of nitrogens with zero attached hydrogens (tertiary/aromatic N) is 5. The summed E-state index contributed by atoms with van der Waals surface area (Å²) in [7, 11) is 0. The third kappa shape index (κ3) is 2.08. The van der Waals surface area contributed by atoms with E-state index in [1.165, 1.54) is 12.4 Å². The Morgan fingerprint density at radius 2 is 1.88 bits per heavy atom. The van der Waals surface area contributed by atoms with Crippen molar-refractivity contribution in [1.29, 1.82) is 0 Å². The summed E-state index contributed by atoms with van der Waals surface area (Å²) in [6.45, 7) is 0.734. The van der Waals surface area contributed by atoms with E-state index in [2.05, 4.69) is 15.1 Å². The second-order valence-electron chi connectivity index (χ2n) is 6.18. The van der Waals surface area contributed by atoms with Gasteiger partial charge in [0.25, 0.3) is 0 Å². The first-order valence-electron chi connectivity index (χ1n) is 8.16. The van der Waals surface area contributed by atoms with Crippen molar-refractivity contribution >= 4 is 5.65 Å². The molecule has 3 aromatic heterocycles. The van der Waals surface area contributed by atoms with Gasteiger partial charge in [-0.2, -0.15) is 5.10 Å². The van der Waals surface area contributed by atoms with Gasteiger partial charge in [-0.15, -0.1) is 0 Å².